The molecule has 0 aromatic heterocycles. The van der Waals surface area contributed by atoms with E-state index in [0.717, 1.165) is 19.3 Å². The van der Waals surface area contributed by atoms with Crippen molar-refractivity contribution in [2.24, 2.45) is 0 Å². The molecule has 0 aromatic carbocycles. The van der Waals surface area contributed by atoms with Crippen molar-refractivity contribution in [3.63, 3.8) is 0 Å². The third-order valence-corrected chi connectivity index (χ3v) is 2.84. The zero-order valence-electron chi connectivity index (χ0n) is 13.5. The minimum Gasteiger partial charge on any atom is -0.375 e. The van der Waals surface area contributed by atoms with Gasteiger partial charge in [0.25, 0.3) is 0 Å². The van der Waals surface area contributed by atoms with Crippen LogP contribution in [-0.2, 0) is 19.1 Å². The lowest BCUT2D eigenvalue weighted by Crippen LogP contribution is -2.37. The molecule has 0 saturated heterocycles. The summed E-state index contributed by atoms with van der Waals surface area (Å²) in [4.78, 5) is 22.2. The Kier molecular flexibility index (Phi) is 9.42. The van der Waals surface area contributed by atoms with E-state index in [1.165, 1.54) is 6.92 Å². The fraction of sp³-hybridized carbons (Fsp3) is 0.867. The minimum atomic E-state index is -0.202. The van der Waals surface area contributed by atoms with Crippen LogP contribution in [0.3, 0.4) is 0 Å². The molecule has 0 radical (unpaired) electrons. The van der Waals surface area contributed by atoms with E-state index in [0.29, 0.717) is 6.61 Å². The fourth-order valence-corrected chi connectivity index (χ4v) is 1.86. The number of ketones is 1. The minimum absolute atomic E-state index is 0.0177. The zero-order valence-corrected chi connectivity index (χ0v) is 13.5. The number of carbonyl (C=O) groups excluding carboxylic acids is 2. The summed E-state index contributed by atoms with van der Waals surface area (Å²) in [5.41, 5.74) is -0.108. The van der Waals surface area contributed by atoms with Crippen molar-refractivity contribution in [3.05, 3.63) is 0 Å². The van der Waals surface area contributed by atoms with Crippen molar-refractivity contribution >= 4 is 11.7 Å². The van der Waals surface area contributed by atoms with E-state index in [2.05, 4.69) is 26.1 Å². The van der Waals surface area contributed by atoms with Gasteiger partial charge in [-0.1, -0.05) is 13.3 Å². The molecule has 5 heteroatoms. The van der Waals surface area contributed by atoms with Crippen molar-refractivity contribution in [3.8, 4) is 0 Å². The number of hydrogen-bond donors (Lipinski definition) is 1. The summed E-state index contributed by atoms with van der Waals surface area (Å²) >= 11 is 0. The topological polar surface area (TPSA) is 64.6 Å². The number of amides is 1. The Bertz CT molecular complexity index is 302. The fourth-order valence-electron chi connectivity index (χ4n) is 1.86. The highest BCUT2D eigenvalue weighted by Crippen LogP contribution is 2.16. The summed E-state index contributed by atoms with van der Waals surface area (Å²) in [6.45, 7) is 10.2. The van der Waals surface area contributed by atoms with E-state index in [1.807, 2.05) is 6.92 Å². The summed E-state index contributed by atoms with van der Waals surface area (Å²) in [6, 6.07) is 0.0286. The van der Waals surface area contributed by atoms with Crippen LogP contribution in [0, 0.1) is 0 Å². The third kappa shape index (κ3) is 10.9. The monoisotopic (exact) mass is 287 g/mol. The van der Waals surface area contributed by atoms with Crippen LogP contribution in [0.5, 0.6) is 0 Å². The summed E-state index contributed by atoms with van der Waals surface area (Å²) in [7, 11) is 0. The van der Waals surface area contributed by atoms with E-state index in [9.17, 15) is 9.59 Å². The summed E-state index contributed by atoms with van der Waals surface area (Å²) in [5.74, 6) is -0.288. The van der Waals surface area contributed by atoms with Gasteiger partial charge < -0.3 is 14.8 Å². The van der Waals surface area contributed by atoms with Gasteiger partial charge in [-0.25, -0.2) is 0 Å². The summed E-state index contributed by atoms with van der Waals surface area (Å²) < 4.78 is 10.8. The van der Waals surface area contributed by atoms with Crippen molar-refractivity contribution in [1.82, 2.24) is 5.32 Å². The lowest BCUT2D eigenvalue weighted by molar-refractivity contribution is -0.129. The zero-order chi connectivity index (χ0) is 15.6. The van der Waals surface area contributed by atoms with Crippen LogP contribution in [0.15, 0.2) is 0 Å². The maximum absolute atomic E-state index is 11.5. The second-order valence-electron chi connectivity index (χ2n) is 5.81. The van der Waals surface area contributed by atoms with Gasteiger partial charge in [-0.3, -0.25) is 9.59 Å². The number of hydrogen-bond acceptors (Lipinski definition) is 4. The van der Waals surface area contributed by atoms with Crippen molar-refractivity contribution < 1.29 is 19.1 Å². The highest BCUT2D eigenvalue weighted by Gasteiger charge is 2.17. The number of ether oxygens (including phenoxy) is 2. The molecule has 0 aliphatic rings. The molecule has 0 aliphatic heterocycles. The summed E-state index contributed by atoms with van der Waals surface area (Å²) in [5, 5.41) is 2.82. The average Bonchev–Trinajstić information content (AvgIpc) is 2.27. The van der Waals surface area contributed by atoms with Gasteiger partial charge in [0.05, 0.1) is 5.60 Å². The second kappa shape index (κ2) is 9.88. The van der Waals surface area contributed by atoms with Crippen LogP contribution in [0.1, 0.15) is 53.9 Å². The second-order valence-corrected chi connectivity index (χ2v) is 5.81. The number of nitrogens with one attached hydrogen (secondary N) is 1. The number of Topliss-reactive ketones (excluding diaryl/α,β-unsaturated/α-hetero) is 1. The van der Waals surface area contributed by atoms with E-state index in [-0.39, 0.29) is 36.5 Å². The molecule has 1 unspecified atom stereocenters. The predicted octanol–water partition coefficient (Wildman–Crippen LogP) is 2.08. The Morgan fingerprint density at radius 2 is 1.90 bits per heavy atom. The first kappa shape index (κ1) is 19.1. The van der Waals surface area contributed by atoms with Gasteiger partial charge in [0.15, 0.2) is 5.78 Å². The molecule has 0 heterocycles. The van der Waals surface area contributed by atoms with Gasteiger partial charge >= 0.3 is 0 Å². The first-order chi connectivity index (χ1) is 9.26. The quantitative estimate of drug-likeness (QED) is 0.632. The van der Waals surface area contributed by atoms with E-state index in [1.54, 1.807) is 0 Å². The van der Waals surface area contributed by atoms with Crippen LogP contribution in [0.4, 0.5) is 0 Å². The first-order valence-corrected chi connectivity index (χ1v) is 7.27. The van der Waals surface area contributed by atoms with Gasteiger partial charge in [0.2, 0.25) is 5.91 Å². The first-order valence-electron chi connectivity index (χ1n) is 7.27. The molecule has 0 aliphatic carbocycles. The Morgan fingerprint density at radius 1 is 1.25 bits per heavy atom. The highest BCUT2D eigenvalue weighted by atomic mass is 16.5. The molecular formula is C15H29NO4. The molecule has 0 fully saturated rings. The average molecular weight is 287 g/mol. The van der Waals surface area contributed by atoms with E-state index >= 15 is 0 Å². The van der Waals surface area contributed by atoms with Crippen LogP contribution >= 0.6 is 0 Å². The molecule has 5 nitrogen and oxygen atoms in total. The van der Waals surface area contributed by atoms with Gasteiger partial charge in [-0.2, -0.15) is 0 Å². The normalized spacial score (nSPS) is 13.1. The van der Waals surface area contributed by atoms with Crippen LogP contribution in [0.25, 0.3) is 0 Å². The molecule has 20 heavy (non-hydrogen) atoms. The van der Waals surface area contributed by atoms with Gasteiger partial charge in [-0.15, -0.1) is 0 Å². The van der Waals surface area contributed by atoms with E-state index in [4.69, 9.17) is 9.47 Å². The smallest absolute Gasteiger partial charge is 0.246 e. The van der Waals surface area contributed by atoms with Gasteiger partial charge in [0, 0.05) is 12.6 Å². The largest absolute Gasteiger partial charge is 0.375 e. The molecular weight excluding hydrogens is 258 g/mol. The molecule has 1 amide bonds. The van der Waals surface area contributed by atoms with Crippen LogP contribution < -0.4 is 5.32 Å². The lowest BCUT2D eigenvalue weighted by atomic mass is 10.0. The van der Waals surface area contributed by atoms with Crippen molar-refractivity contribution in [1.29, 1.82) is 0 Å². The van der Waals surface area contributed by atoms with Crippen molar-refractivity contribution in [2.45, 2.75) is 65.5 Å². The standard InChI is InChI=1S/C15H29NO4/c1-6-8-15(4,5)20-9-7-12(2)16-14(18)11-19-10-13(3)17/h12H,6-11H2,1-5H3,(H,16,18). The molecule has 0 saturated carbocycles. The molecule has 1 N–H and O–H groups in total. The highest BCUT2D eigenvalue weighted by molar-refractivity contribution is 5.79. The molecule has 0 bridgehead atoms. The van der Waals surface area contributed by atoms with E-state index < -0.39 is 0 Å². The predicted molar refractivity (Wildman–Crippen MR) is 78.7 cm³/mol. The molecule has 0 aromatic rings. The van der Waals surface area contributed by atoms with Crippen molar-refractivity contribution in [2.75, 3.05) is 19.8 Å². The maximum atomic E-state index is 11.5. The Morgan fingerprint density at radius 3 is 2.45 bits per heavy atom. The Labute approximate surface area is 122 Å². The SMILES string of the molecule is CCCC(C)(C)OCCC(C)NC(=O)COCC(C)=O. The van der Waals surface area contributed by atoms with Crippen LogP contribution in [0.2, 0.25) is 0 Å². The molecule has 0 spiro atoms. The number of rotatable bonds is 11. The number of carbonyl (C=O) groups is 2. The Balaban J connectivity index is 3.74. The molecule has 0 rings (SSSR count). The molecule has 1 atom stereocenters. The maximum Gasteiger partial charge on any atom is 0.246 e. The van der Waals surface area contributed by atoms with Crippen LogP contribution in [-0.4, -0.2) is 43.2 Å². The third-order valence-electron chi connectivity index (χ3n) is 2.84. The lowest BCUT2D eigenvalue weighted by Gasteiger charge is -2.25. The summed E-state index contributed by atoms with van der Waals surface area (Å²) in [6.07, 6.45) is 2.87. The molecule has 118 valence electrons. The Hall–Kier alpha value is -0.940. The van der Waals surface area contributed by atoms with Gasteiger partial charge in [0.1, 0.15) is 13.2 Å². The van der Waals surface area contributed by atoms with Gasteiger partial charge in [-0.05, 0) is 40.5 Å².